The lowest BCUT2D eigenvalue weighted by molar-refractivity contribution is -0.139. The fourth-order valence-corrected chi connectivity index (χ4v) is 3.71. The summed E-state index contributed by atoms with van der Waals surface area (Å²) in [7, 11) is 0. The summed E-state index contributed by atoms with van der Waals surface area (Å²) >= 11 is 0. The van der Waals surface area contributed by atoms with Crippen molar-refractivity contribution in [2.75, 3.05) is 19.6 Å². The Balaban J connectivity index is 1.33. The van der Waals surface area contributed by atoms with Gasteiger partial charge in [0.25, 0.3) is 0 Å². The van der Waals surface area contributed by atoms with Crippen molar-refractivity contribution in [1.29, 1.82) is 0 Å². The lowest BCUT2D eigenvalue weighted by atomic mass is 9.96. The Labute approximate surface area is 149 Å². The van der Waals surface area contributed by atoms with E-state index in [0.29, 0.717) is 12.5 Å². The molecule has 1 saturated heterocycles. The third-order valence-corrected chi connectivity index (χ3v) is 5.27. The molecule has 1 aliphatic heterocycles. The largest absolute Gasteiger partial charge is 0.348 e. The van der Waals surface area contributed by atoms with Crippen molar-refractivity contribution in [3.8, 4) is 0 Å². The van der Waals surface area contributed by atoms with Gasteiger partial charge in [-0.05, 0) is 56.8 Å². The van der Waals surface area contributed by atoms with Crippen LogP contribution in [0.1, 0.15) is 44.2 Å². The number of piperidine rings is 1. The van der Waals surface area contributed by atoms with Gasteiger partial charge < -0.3 is 10.6 Å². The summed E-state index contributed by atoms with van der Waals surface area (Å²) in [6, 6.07) is 6.19. The predicted molar refractivity (Wildman–Crippen MR) is 95.6 cm³/mol. The standard InChI is InChI=1S/C19H28N4O2/c24-18(19(25)22-16-5-1-2-6-16)21-13-15-8-11-23(12-9-15)14-17-7-3-4-10-20-17/h3-4,7,10,15-16H,1-2,5-6,8-9,11-14H2,(H,21,24)(H,22,25). The van der Waals surface area contributed by atoms with Crippen molar-refractivity contribution in [1.82, 2.24) is 20.5 Å². The van der Waals surface area contributed by atoms with Crippen LogP contribution in [-0.2, 0) is 16.1 Å². The average molecular weight is 344 g/mol. The van der Waals surface area contributed by atoms with E-state index < -0.39 is 11.8 Å². The van der Waals surface area contributed by atoms with E-state index in [0.717, 1.165) is 63.9 Å². The van der Waals surface area contributed by atoms with Gasteiger partial charge in [0, 0.05) is 25.3 Å². The van der Waals surface area contributed by atoms with Crippen molar-refractivity contribution < 1.29 is 9.59 Å². The highest BCUT2D eigenvalue weighted by Gasteiger charge is 2.23. The van der Waals surface area contributed by atoms with Gasteiger partial charge >= 0.3 is 11.8 Å². The molecular formula is C19H28N4O2. The molecule has 2 heterocycles. The van der Waals surface area contributed by atoms with Crippen LogP contribution in [0.15, 0.2) is 24.4 Å². The second-order valence-electron chi connectivity index (χ2n) is 7.21. The second kappa shape index (κ2) is 8.94. The van der Waals surface area contributed by atoms with Crippen LogP contribution in [0.4, 0.5) is 0 Å². The van der Waals surface area contributed by atoms with Crippen molar-refractivity contribution in [3.63, 3.8) is 0 Å². The number of likely N-dealkylation sites (tertiary alicyclic amines) is 1. The van der Waals surface area contributed by atoms with Gasteiger partial charge in [-0.15, -0.1) is 0 Å². The van der Waals surface area contributed by atoms with Crippen LogP contribution in [0.25, 0.3) is 0 Å². The molecule has 6 heteroatoms. The minimum absolute atomic E-state index is 0.188. The Bertz CT molecular complexity index is 564. The summed E-state index contributed by atoms with van der Waals surface area (Å²) in [5.41, 5.74) is 1.10. The summed E-state index contributed by atoms with van der Waals surface area (Å²) < 4.78 is 0. The fraction of sp³-hybridized carbons (Fsp3) is 0.632. The zero-order valence-corrected chi connectivity index (χ0v) is 14.7. The van der Waals surface area contributed by atoms with E-state index in [1.54, 1.807) is 0 Å². The van der Waals surface area contributed by atoms with Crippen molar-refractivity contribution in [3.05, 3.63) is 30.1 Å². The van der Waals surface area contributed by atoms with Crippen LogP contribution < -0.4 is 10.6 Å². The number of carbonyl (C=O) groups is 2. The molecule has 0 atom stereocenters. The SMILES string of the molecule is O=C(NCC1CCN(Cc2ccccn2)CC1)C(=O)NC1CCCC1. The van der Waals surface area contributed by atoms with Gasteiger partial charge in [0.15, 0.2) is 0 Å². The molecule has 0 bridgehead atoms. The first-order valence-corrected chi connectivity index (χ1v) is 9.41. The Kier molecular flexibility index (Phi) is 6.39. The Morgan fingerprint density at radius 2 is 1.84 bits per heavy atom. The minimum atomic E-state index is -0.484. The molecule has 0 radical (unpaired) electrons. The molecule has 1 saturated carbocycles. The summed E-state index contributed by atoms with van der Waals surface area (Å²) in [4.78, 5) is 30.6. The normalized spacial score (nSPS) is 19.7. The summed E-state index contributed by atoms with van der Waals surface area (Å²) in [6.07, 6.45) is 8.18. The van der Waals surface area contributed by atoms with Crippen LogP contribution in [0.5, 0.6) is 0 Å². The molecule has 1 aromatic heterocycles. The topological polar surface area (TPSA) is 74.3 Å². The number of hydrogen-bond donors (Lipinski definition) is 2. The smallest absolute Gasteiger partial charge is 0.309 e. The molecule has 136 valence electrons. The van der Waals surface area contributed by atoms with Gasteiger partial charge in [-0.3, -0.25) is 19.5 Å². The zero-order valence-electron chi connectivity index (χ0n) is 14.7. The monoisotopic (exact) mass is 344 g/mol. The molecule has 1 aromatic rings. The maximum Gasteiger partial charge on any atom is 0.309 e. The van der Waals surface area contributed by atoms with E-state index in [1.165, 1.54) is 0 Å². The number of nitrogens with one attached hydrogen (secondary N) is 2. The molecule has 6 nitrogen and oxygen atoms in total. The molecular weight excluding hydrogens is 316 g/mol. The van der Waals surface area contributed by atoms with Gasteiger partial charge in [-0.2, -0.15) is 0 Å². The maximum atomic E-state index is 11.9. The van der Waals surface area contributed by atoms with Gasteiger partial charge in [0.05, 0.1) is 5.69 Å². The molecule has 3 rings (SSSR count). The van der Waals surface area contributed by atoms with Gasteiger partial charge in [-0.25, -0.2) is 0 Å². The highest BCUT2D eigenvalue weighted by atomic mass is 16.2. The zero-order chi connectivity index (χ0) is 17.5. The van der Waals surface area contributed by atoms with Crippen LogP contribution in [0.3, 0.4) is 0 Å². The quantitative estimate of drug-likeness (QED) is 0.793. The molecule has 0 unspecified atom stereocenters. The van der Waals surface area contributed by atoms with Crippen molar-refractivity contribution in [2.24, 2.45) is 5.92 Å². The number of pyridine rings is 1. The lowest BCUT2D eigenvalue weighted by Gasteiger charge is -2.31. The summed E-state index contributed by atoms with van der Waals surface area (Å²) in [5, 5.41) is 5.64. The third-order valence-electron chi connectivity index (χ3n) is 5.27. The van der Waals surface area contributed by atoms with Crippen molar-refractivity contribution >= 4 is 11.8 Å². The van der Waals surface area contributed by atoms with Crippen LogP contribution >= 0.6 is 0 Å². The van der Waals surface area contributed by atoms with E-state index in [4.69, 9.17) is 0 Å². The van der Waals surface area contributed by atoms with Crippen LogP contribution in [0, 0.1) is 5.92 Å². The molecule has 2 aliphatic rings. The van der Waals surface area contributed by atoms with E-state index in [2.05, 4.69) is 26.6 Å². The molecule has 2 N–H and O–H groups in total. The first-order valence-electron chi connectivity index (χ1n) is 9.41. The fourth-order valence-electron chi connectivity index (χ4n) is 3.71. The molecule has 2 amide bonds. The summed E-state index contributed by atoms with van der Waals surface area (Å²) in [5.74, 6) is -0.509. The van der Waals surface area contributed by atoms with E-state index >= 15 is 0 Å². The average Bonchev–Trinajstić information content (AvgIpc) is 3.14. The second-order valence-corrected chi connectivity index (χ2v) is 7.21. The highest BCUT2D eigenvalue weighted by Crippen LogP contribution is 2.18. The Morgan fingerprint density at radius 3 is 2.52 bits per heavy atom. The number of nitrogens with zero attached hydrogens (tertiary/aromatic N) is 2. The van der Waals surface area contributed by atoms with E-state index in [1.807, 2.05) is 18.3 Å². The molecule has 0 aromatic carbocycles. The molecule has 0 spiro atoms. The van der Waals surface area contributed by atoms with Gasteiger partial charge in [0.2, 0.25) is 0 Å². The van der Waals surface area contributed by atoms with Crippen LogP contribution in [0.2, 0.25) is 0 Å². The summed E-state index contributed by atoms with van der Waals surface area (Å²) in [6.45, 7) is 3.48. The molecule has 25 heavy (non-hydrogen) atoms. The number of rotatable bonds is 5. The number of hydrogen-bond acceptors (Lipinski definition) is 4. The number of aromatic nitrogens is 1. The van der Waals surface area contributed by atoms with Crippen molar-refractivity contribution in [2.45, 2.75) is 51.1 Å². The molecule has 2 fully saturated rings. The van der Waals surface area contributed by atoms with Gasteiger partial charge in [-0.1, -0.05) is 18.9 Å². The number of amides is 2. The maximum absolute atomic E-state index is 11.9. The first-order chi connectivity index (χ1) is 12.2. The Hall–Kier alpha value is -1.95. The predicted octanol–water partition coefficient (Wildman–Crippen LogP) is 1.47. The van der Waals surface area contributed by atoms with E-state index in [9.17, 15) is 9.59 Å². The van der Waals surface area contributed by atoms with Gasteiger partial charge in [0.1, 0.15) is 0 Å². The van der Waals surface area contributed by atoms with Crippen LogP contribution in [-0.4, -0.2) is 47.4 Å². The minimum Gasteiger partial charge on any atom is -0.348 e. The molecule has 1 aliphatic carbocycles. The Morgan fingerprint density at radius 1 is 1.08 bits per heavy atom. The highest BCUT2D eigenvalue weighted by molar-refractivity contribution is 6.35. The first kappa shape index (κ1) is 17.9. The lowest BCUT2D eigenvalue weighted by Crippen LogP contribution is -2.46. The van der Waals surface area contributed by atoms with E-state index in [-0.39, 0.29) is 6.04 Å². The number of carbonyl (C=O) groups excluding carboxylic acids is 2. The third kappa shape index (κ3) is 5.53.